The number of benzene rings is 2. The summed E-state index contributed by atoms with van der Waals surface area (Å²) in [5, 5.41) is 10.8. The van der Waals surface area contributed by atoms with Crippen LogP contribution in [0.15, 0.2) is 48.9 Å². The lowest BCUT2D eigenvalue weighted by Gasteiger charge is -2.41. The molecule has 45 heavy (non-hydrogen) atoms. The fraction of sp³-hybridized carbons (Fsp3) is 0.364. The minimum absolute atomic E-state index is 0.0386. The van der Waals surface area contributed by atoms with Gasteiger partial charge in [-0.1, -0.05) is 30.8 Å². The molecule has 2 aliphatic heterocycles. The zero-order valence-corrected chi connectivity index (χ0v) is 25.1. The van der Waals surface area contributed by atoms with E-state index in [1.54, 1.807) is 30.0 Å². The Morgan fingerprint density at radius 3 is 2.67 bits per heavy atom. The van der Waals surface area contributed by atoms with Crippen molar-refractivity contribution < 1.29 is 22.7 Å². The molecular weight excluding hydrogens is 583 g/mol. The molecule has 2 aromatic carbocycles. The van der Waals surface area contributed by atoms with Crippen molar-refractivity contribution in [3.8, 4) is 23.2 Å². The van der Waals surface area contributed by atoms with Crippen molar-refractivity contribution in [2.75, 3.05) is 44.7 Å². The van der Waals surface area contributed by atoms with Gasteiger partial charge in [0.15, 0.2) is 17.5 Å². The molecule has 9 nitrogen and oxygen atoms in total. The molecule has 12 heteroatoms. The lowest BCUT2D eigenvalue weighted by atomic mass is 9.95. The standard InChI is InChI=1S/C33H32F3N7O2/c1-19-26(35)10-9-21-6-4-8-24(27(19)21)25-16-38-30-29(28(25)36)39-33(45-18-23-7-5-13-41(23)3)40-31(30)42-14-15-43(32(44)20(2)34)22(17-42)11-12-37/h4,6,8-10,16,22-23H,2,5,7,11,13-15,17-18H2,1,3H3/t22-,23?/m0/s1. The summed E-state index contributed by atoms with van der Waals surface area (Å²) >= 11 is 0. The average Bonchev–Trinajstić information content (AvgIpc) is 3.45. The van der Waals surface area contributed by atoms with E-state index in [1.165, 1.54) is 17.2 Å². The van der Waals surface area contributed by atoms with Crippen molar-refractivity contribution in [2.45, 2.75) is 38.3 Å². The Bertz CT molecular complexity index is 1860. The number of carbonyl (C=O) groups is 1. The van der Waals surface area contributed by atoms with Crippen LogP contribution in [-0.4, -0.2) is 82.6 Å². The molecule has 0 saturated carbocycles. The highest BCUT2D eigenvalue weighted by molar-refractivity contribution is 6.01. The van der Waals surface area contributed by atoms with Crippen molar-refractivity contribution in [3.05, 3.63) is 66.1 Å². The number of likely N-dealkylation sites (N-methyl/N-ethyl adjacent to an activating group) is 1. The van der Waals surface area contributed by atoms with Crippen LogP contribution < -0.4 is 9.64 Å². The molecular formula is C33H32F3N7O2. The van der Waals surface area contributed by atoms with Gasteiger partial charge in [-0.05, 0) is 61.3 Å². The molecule has 0 bridgehead atoms. The number of amides is 1. The van der Waals surface area contributed by atoms with E-state index in [-0.39, 0.29) is 60.5 Å². The number of likely N-dealkylation sites (tertiary alicyclic amines) is 1. The van der Waals surface area contributed by atoms with Gasteiger partial charge in [0, 0.05) is 37.4 Å². The quantitative estimate of drug-likeness (QED) is 0.258. The van der Waals surface area contributed by atoms with Gasteiger partial charge in [-0.25, -0.2) is 18.2 Å². The van der Waals surface area contributed by atoms with Gasteiger partial charge in [-0.15, -0.1) is 0 Å². The fourth-order valence-electron chi connectivity index (χ4n) is 6.35. The summed E-state index contributed by atoms with van der Waals surface area (Å²) < 4.78 is 51.1. The molecule has 0 radical (unpaired) electrons. The monoisotopic (exact) mass is 615 g/mol. The Morgan fingerprint density at radius 1 is 1.11 bits per heavy atom. The fourth-order valence-corrected chi connectivity index (χ4v) is 6.35. The van der Waals surface area contributed by atoms with Crippen molar-refractivity contribution >= 4 is 33.5 Å². The van der Waals surface area contributed by atoms with Crippen molar-refractivity contribution in [2.24, 2.45) is 0 Å². The van der Waals surface area contributed by atoms with E-state index >= 15 is 4.39 Å². The second-order valence-electron chi connectivity index (χ2n) is 11.5. The van der Waals surface area contributed by atoms with Gasteiger partial charge < -0.3 is 19.4 Å². The van der Waals surface area contributed by atoms with Gasteiger partial charge in [0.1, 0.15) is 23.5 Å². The summed E-state index contributed by atoms with van der Waals surface area (Å²) in [4.78, 5) is 31.5. The minimum Gasteiger partial charge on any atom is -0.462 e. The van der Waals surface area contributed by atoms with Crippen LogP contribution in [-0.2, 0) is 4.79 Å². The summed E-state index contributed by atoms with van der Waals surface area (Å²) in [5.74, 6) is -2.77. The van der Waals surface area contributed by atoms with Gasteiger partial charge in [-0.3, -0.25) is 4.79 Å². The number of ether oxygens (including phenoxy) is 1. The number of anilines is 1. The minimum atomic E-state index is -1.11. The second kappa shape index (κ2) is 12.3. The molecule has 0 spiro atoms. The Kier molecular flexibility index (Phi) is 8.29. The number of aromatic nitrogens is 3. The first-order chi connectivity index (χ1) is 21.7. The topological polar surface area (TPSA) is 98.5 Å². The number of halogens is 3. The third-order valence-electron chi connectivity index (χ3n) is 8.82. The number of nitrogens with zero attached hydrogens (tertiary/aromatic N) is 7. The molecule has 1 amide bonds. The van der Waals surface area contributed by atoms with E-state index < -0.39 is 29.4 Å². The van der Waals surface area contributed by atoms with E-state index in [0.29, 0.717) is 23.1 Å². The predicted octanol–water partition coefficient (Wildman–Crippen LogP) is 5.32. The number of rotatable bonds is 7. The molecule has 1 unspecified atom stereocenters. The highest BCUT2D eigenvalue weighted by Gasteiger charge is 2.34. The van der Waals surface area contributed by atoms with Crippen molar-refractivity contribution in [1.29, 1.82) is 5.26 Å². The maximum absolute atomic E-state index is 16.6. The van der Waals surface area contributed by atoms with Gasteiger partial charge in [0.05, 0.1) is 18.5 Å². The Hall–Kier alpha value is -4.76. The zero-order valence-electron chi connectivity index (χ0n) is 25.1. The van der Waals surface area contributed by atoms with Crippen LogP contribution in [0.1, 0.15) is 24.8 Å². The third kappa shape index (κ3) is 5.64. The number of piperazine rings is 1. The Balaban J connectivity index is 1.46. The smallest absolute Gasteiger partial charge is 0.319 e. The van der Waals surface area contributed by atoms with Gasteiger partial charge >= 0.3 is 6.01 Å². The number of pyridine rings is 1. The molecule has 2 saturated heterocycles. The average molecular weight is 616 g/mol. The number of nitriles is 1. The third-order valence-corrected chi connectivity index (χ3v) is 8.82. The first-order valence-electron chi connectivity index (χ1n) is 14.8. The van der Waals surface area contributed by atoms with Gasteiger partial charge in [0.25, 0.3) is 5.91 Å². The zero-order chi connectivity index (χ0) is 31.8. The van der Waals surface area contributed by atoms with Gasteiger partial charge in [-0.2, -0.15) is 15.2 Å². The van der Waals surface area contributed by atoms with E-state index in [0.717, 1.165) is 24.8 Å². The highest BCUT2D eigenvalue weighted by Crippen LogP contribution is 2.37. The lowest BCUT2D eigenvalue weighted by molar-refractivity contribution is -0.131. The first kappa shape index (κ1) is 30.3. The molecule has 2 aliphatic rings. The Morgan fingerprint density at radius 2 is 1.93 bits per heavy atom. The highest BCUT2D eigenvalue weighted by atomic mass is 19.1. The summed E-state index contributed by atoms with van der Waals surface area (Å²) in [6.45, 7) is 6.44. The number of fused-ring (bicyclic) bond motifs is 2. The van der Waals surface area contributed by atoms with Crippen LogP contribution in [0.5, 0.6) is 6.01 Å². The molecule has 2 fully saturated rings. The van der Waals surface area contributed by atoms with Crippen LogP contribution >= 0.6 is 0 Å². The molecule has 0 aliphatic carbocycles. The number of hydrogen-bond acceptors (Lipinski definition) is 8. The largest absolute Gasteiger partial charge is 0.462 e. The van der Waals surface area contributed by atoms with Crippen molar-refractivity contribution in [1.82, 2.24) is 24.8 Å². The molecule has 4 aromatic rings. The van der Waals surface area contributed by atoms with E-state index in [4.69, 9.17) is 4.74 Å². The van der Waals surface area contributed by atoms with Crippen molar-refractivity contribution in [3.63, 3.8) is 0 Å². The Labute approximate surface area is 258 Å². The lowest BCUT2D eigenvalue weighted by Crippen LogP contribution is -2.55. The second-order valence-corrected chi connectivity index (χ2v) is 11.5. The SMILES string of the molecule is C=C(F)C(=O)N1CCN(c2nc(OCC3CCCN3C)nc3c(F)c(-c4cccc5ccc(F)c(C)c45)cnc23)C[C@@H]1CC#N. The summed E-state index contributed by atoms with van der Waals surface area (Å²) in [7, 11) is 2.01. The summed E-state index contributed by atoms with van der Waals surface area (Å²) in [6, 6.07) is 9.88. The van der Waals surface area contributed by atoms with Crippen LogP contribution in [0.2, 0.25) is 0 Å². The van der Waals surface area contributed by atoms with E-state index in [9.17, 15) is 18.8 Å². The van der Waals surface area contributed by atoms with Crippen LogP contribution in [0.3, 0.4) is 0 Å². The molecule has 6 rings (SSSR count). The molecule has 232 valence electrons. The number of hydrogen-bond donors (Lipinski definition) is 0. The molecule has 0 N–H and O–H groups in total. The van der Waals surface area contributed by atoms with E-state index in [1.807, 2.05) is 13.1 Å². The normalized spacial score (nSPS) is 18.8. The summed E-state index contributed by atoms with van der Waals surface area (Å²) in [5.41, 5.74) is 1.09. The van der Waals surface area contributed by atoms with Crippen LogP contribution in [0.4, 0.5) is 19.0 Å². The maximum atomic E-state index is 16.6. The van der Waals surface area contributed by atoms with Crippen LogP contribution in [0, 0.1) is 29.9 Å². The first-order valence-corrected chi connectivity index (χ1v) is 14.8. The van der Waals surface area contributed by atoms with E-state index in [2.05, 4.69) is 32.5 Å². The maximum Gasteiger partial charge on any atom is 0.319 e. The van der Waals surface area contributed by atoms with Crippen LogP contribution in [0.25, 0.3) is 32.9 Å². The molecule has 2 aromatic heterocycles. The molecule has 2 atom stereocenters. The molecule has 4 heterocycles. The van der Waals surface area contributed by atoms with Gasteiger partial charge in [0.2, 0.25) is 0 Å². The number of carbonyl (C=O) groups excluding carboxylic acids is 1. The predicted molar refractivity (Wildman–Crippen MR) is 164 cm³/mol. The summed E-state index contributed by atoms with van der Waals surface area (Å²) in [6.07, 6.45) is 3.31. The number of aryl methyl sites for hydroxylation is 1.